The Morgan fingerprint density at radius 1 is 1.26 bits per heavy atom. The third-order valence-electron chi connectivity index (χ3n) is 9.96. The van der Waals surface area contributed by atoms with Crippen molar-refractivity contribution in [3.63, 3.8) is 0 Å². The highest BCUT2D eigenvalue weighted by atomic mass is 16.6. The lowest BCUT2D eigenvalue weighted by atomic mass is 9.36. The summed E-state index contributed by atoms with van der Waals surface area (Å²) in [5.74, 6) is 1.68. The smallest absolute Gasteiger partial charge is 0.165 e. The first-order valence-corrected chi connectivity index (χ1v) is 12.0. The summed E-state index contributed by atoms with van der Waals surface area (Å²) in [7, 11) is 1.76. The predicted octanol–water partition coefficient (Wildman–Crippen LogP) is 3.16. The van der Waals surface area contributed by atoms with Crippen LogP contribution in [-0.2, 0) is 16.6 Å². The summed E-state index contributed by atoms with van der Waals surface area (Å²) in [4.78, 5) is 2.75. The zero-order valence-corrected chi connectivity index (χ0v) is 18.7. The summed E-state index contributed by atoms with van der Waals surface area (Å²) >= 11 is 0. The summed E-state index contributed by atoms with van der Waals surface area (Å²) in [6, 6.07) is 4.33. The standard InChI is InChI=1S/C26H33NO4/c1-23(2,29)18-13-24-8-9-26(18,30-3)22-25(24)10-11-27(14-15-4-5-15)19(24)12-16-6-7-17(28)21(31-22)20(16)25/h6-9,15,18-19,22,28-29H,4-5,10-14H2,1-3H3/t18-,19-,22-,24-,25+,26+/m1/s1. The highest BCUT2D eigenvalue weighted by Crippen LogP contribution is 2.75. The Kier molecular flexibility index (Phi) is 3.36. The molecule has 0 unspecified atom stereocenters. The first-order chi connectivity index (χ1) is 14.8. The number of hydrogen-bond donors (Lipinski definition) is 2. The minimum absolute atomic E-state index is 0.0745. The summed E-state index contributed by atoms with van der Waals surface area (Å²) in [5.41, 5.74) is 0.654. The Bertz CT molecular complexity index is 1010. The van der Waals surface area contributed by atoms with Crippen molar-refractivity contribution in [2.24, 2.45) is 17.3 Å². The fourth-order valence-electron chi connectivity index (χ4n) is 8.58. The van der Waals surface area contributed by atoms with Gasteiger partial charge >= 0.3 is 0 Å². The van der Waals surface area contributed by atoms with Crippen LogP contribution in [0.3, 0.4) is 0 Å². The van der Waals surface area contributed by atoms with Gasteiger partial charge in [-0.3, -0.25) is 4.90 Å². The number of rotatable bonds is 4. The number of aromatic hydroxyl groups is 1. The second-order valence-electron chi connectivity index (χ2n) is 11.7. The summed E-state index contributed by atoms with van der Waals surface area (Å²) in [5, 5.41) is 22.1. The van der Waals surface area contributed by atoms with Crippen LogP contribution in [0.1, 0.15) is 50.7 Å². The summed E-state index contributed by atoms with van der Waals surface area (Å²) in [6.07, 6.45) is 10.0. The van der Waals surface area contributed by atoms with E-state index in [9.17, 15) is 10.2 Å². The Labute approximate surface area is 184 Å². The fourth-order valence-corrected chi connectivity index (χ4v) is 8.58. The lowest BCUT2D eigenvalue weighted by Crippen LogP contribution is -2.80. The Balaban J connectivity index is 1.51. The van der Waals surface area contributed by atoms with Gasteiger partial charge in [-0.15, -0.1) is 0 Å². The van der Waals surface area contributed by atoms with Gasteiger partial charge in [-0.05, 0) is 70.0 Å². The van der Waals surface area contributed by atoms with Crippen LogP contribution in [0.2, 0.25) is 0 Å². The molecule has 2 spiro atoms. The minimum atomic E-state index is -0.897. The fraction of sp³-hybridized carbons (Fsp3) is 0.692. The third kappa shape index (κ3) is 1.97. The molecule has 2 saturated carbocycles. The van der Waals surface area contributed by atoms with E-state index in [2.05, 4.69) is 23.1 Å². The number of methoxy groups -OCH3 is 1. The Hall–Kier alpha value is -1.56. The van der Waals surface area contributed by atoms with Crippen LogP contribution < -0.4 is 4.74 Å². The normalized spacial score (nSPS) is 44.3. The molecule has 166 valence electrons. The molecule has 2 N–H and O–H groups in total. The largest absolute Gasteiger partial charge is 0.504 e. The number of likely N-dealkylation sites (tertiary alicyclic amines) is 1. The maximum atomic E-state index is 11.3. The van der Waals surface area contributed by atoms with Crippen molar-refractivity contribution in [3.8, 4) is 11.5 Å². The maximum absolute atomic E-state index is 11.3. The highest BCUT2D eigenvalue weighted by molar-refractivity contribution is 5.65. The van der Waals surface area contributed by atoms with E-state index in [1.54, 1.807) is 7.11 Å². The van der Waals surface area contributed by atoms with Gasteiger partial charge in [-0.2, -0.15) is 0 Å². The molecule has 2 aliphatic heterocycles. The Morgan fingerprint density at radius 3 is 2.77 bits per heavy atom. The van der Waals surface area contributed by atoms with Gasteiger partial charge in [0.1, 0.15) is 11.7 Å². The number of phenolic OH excluding ortho intramolecular Hbond substituents is 1. The molecule has 3 fully saturated rings. The molecule has 0 aromatic heterocycles. The zero-order chi connectivity index (χ0) is 21.4. The lowest BCUT2D eigenvalue weighted by Gasteiger charge is -2.72. The number of benzene rings is 1. The van der Waals surface area contributed by atoms with Crippen LogP contribution in [0.5, 0.6) is 11.5 Å². The van der Waals surface area contributed by atoms with E-state index in [1.165, 1.54) is 30.5 Å². The van der Waals surface area contributed by atoms with Crippen LogP contribution in [0.25, 0.3) is 0 Å². The van der Waals surface area contributed by atoms with E-state index in [-0.39, 0.29) is 28.6 Å². The number of ether oxygens (including phenoxy) is 2. The average Bonchev–Trinajstić information content (AvgIpc) is 3.47. The van der Waals surface area contributed by atoms with Crippen molar-refractivity contribution in [1.29, 1.82) is 0 Å². The third-order valence-corrected chi connectivity index (χ3v) is 9.96. The molecule has 6 atom stereocenters. The van der Waals surface area contributed by atoms with Crippen molar-refractivity contribution in [2.45, 2.75) is 74.7 Å². The second kappa shape index (κ2) is 5.49. The highest BCUT2D eigenvalue weighted by Gasteiger charge is 2.80. The van der Waals surface area contributed by atoms with E-state index in [0.29, 0.717) is 11.8 Å². The van der Waals surface area contributed by atoms with Crippen molar-refractivity contribution in [2.75, 3.05) is 20.2 Å². The van der Waals surface area contributed by atoms with E-state index in [1.807, 2.05) is 19.9 Å². The van der Waals surface area contributed by atoms with Crippen molar-refractivity contribution in [1.82, 2.24) is 4.90 Å². The molecule has 5 nitrogen and oxygen atoms in total. The number of nitrogens with zero attached hydrogens (tertiary/aromatic N) is 1. The van der Waals surface area contributed by atoms with Gasteiger partial charge in [0.2, 0.25) is 0 Å². The lowest BCUT2D eigenvalue weighted by molar-refractivity contribution is -0.245. The molecule has 2 heterocycles. The molecule has 1 saturated heterocycles. The molecular formula is C26H33NO4. The number of aliphatic hydroxyl groups is 1. The topological polar surface area (TPSA) is 62.2 Å². The monoisotopic (exact) mass is 423 g/mol. The van der Waals surface area contributed by atoms with Gasteiger partial charge in [0.05, 0.1) is 11.0 Å². The molecule has 0 radical (unpaired) electrons. The Morgan fingerprint density at radius 2 is 2.06 bits per heavy atom. The first kappa shape index (κ1) is 19.0. The van der Waals surface area contributed by atoms with E-state index in [4.69, 9.17) is 9.47 Å². The molecule has 5 aliphatic carbocycles. The average molecular weight is 424 g/mol. The van der Waals surface area contributed by atoms with E-state index in [0.717, 1.165) is 31.7 Å². The van der Waals surface area contributed by atoms with Crippen molar-refractivity contribution >= 4 is 0 Å². The SMILES string of the molecule is CO[C@@]12C=C[C@@]3(C[C@@H]1C(C)(C)O)[C@H]1Cc4ccc(O)c5c4[C@@]3(CCN1CC1CC1)[C@H]2O5. The molecule has 5 heteroatoms. The molecule has 4 bridgehead atoms. The summed E-state index contributed by atoms with van der Waals surface area (Å²) in [6.45, 7) is 6.09. The maximum Gasteiger partial charge on any atom is 0.165 e. The second-order valence-corrected chi connectivity index (χ2v) is 11.7. The number of hydrogen-bond acceptors (Lipinski definition) is 5. The van der Waals surface area contributed by atoms with Crippen LogP contribution in [-0.4, -0.2) is 58.7 Å². The van der Waals surface area contributed by atoms with E-state index < -0.39 is 11.2 Å². The molecule has 8 rings (SSSR count). The van der Waals surface area contributed by atoms with Crippen LogP contribution in [0.15, 0.2) is 24.3 Å². The van der Waals surface area contributed by atoms with Gasteiger partial charge in [-0.1, -0.05) is 18.2 Å². The van der Waals surface area contributed by atoms with Gasteiger partial charge in [0, 0.05) is 36.6 Å². The molecule has 0 amide bonds. The van der Waals surface area contributed by atoms with Gasteiger partial charge in [0.15, 0.2) is 11.5 Å². The predicted molar refractivity (Wildman–Crippen MR) is 116 cm³/mol. The van der Waals surface area contributed by atoms with Gasteiger partial charge in [-0.25, -0.2) is 0 Å². The molecule has 31 heavy (non-hydrogen) atoms. The van der Waals surface area contributed by atoms with Crippen LogP contribution in [0.4, 0.5) is 0 Å². The number of fused-ring (bicyclic) bond motifs is 1. The van der Waals surface area contributed by atoms with Gasteiger partial charge in [0.25, 0.3) is 0 Å². The summed E-state index contributed by atoms with van der Waals surface area (Å²) < 4.78 is 13.1. The zero-order valence-electron chi connectivity index (χ0n) is 18.7. The molecular weight excluding hydrogens is 390 g/mol. The minimum Gasteiger partial charge on any atom is -0.504 e. The van der Waals surface area contributed by atoms with Crippen molar-refractivity contribution < 1.29 is 19.7 Å². The number of piperidine rings is 1. The van der Waals surface area contributed by atoms with E-state index >= 15 is 0 Å². The molecule has 1 aromatic rings. The van der Waals surface area contributed by atoms with Crippen LogP contribution in [0, 0.1) is 17.3 Å². The quantitative estimate of drug-likeness (QED) is 0.729. The molecule has 7 aliphatic rings. The first-order valence-electron chi connectivity index (χ1n) is 12.0. The molecule has 1 aromatic carbocycles. The van der Waals surface area contributed by atoms with Crippen LogP contribution >= 0.6 is 0 Å². The van der Waals surface area contributed by atoms with Crippen molar-refractivity contribution in [3.05, 3.63) is 35.4 Å². The number of phenols is 1. The van der Waals surface area contributed by atoms with Gasteiger partial charge < -0.3 is 19.7 Å².